The number of likely N-dealkylation sites (tertiary alicyclic amines) is 1. The Morgan fingerprint density at radius 1 is 1.38 bits per heavy atom. The van der Waals surface area contributed by atoms with Gasteiger partial charge < -0.3 is 15.5 Å². The monoisotopic (exact) mass is 334 g/mol. The van der Waals surface area contributed by atoms with Crippen LogP contribution in [-0.4, -0.2) is 42.9 Å². The molecule has 2 N–H and O–H groups in total. The minimum atomic E-state index is -0.198. The molecule has 0 unspecified atom stereocenters. The highest BCUT2D eigenvalue weighted by Crippen LogP contribution is 2.10. The van der Waals surface area contributed by atoms with Crippen molar-refractivity contribution in [1.29, 1.82) is 0 Å². The van der Waals surface area contributed by atoms with Crippen molar-refractivity contribution in [2.75, 3.05) is 26.2 Å². The predicted octanol–water partition coefficient (Wildman–Crippen LogP) is 2.20. The van der Waals surface area contributed by atoms with Gasteiger partial charge in [0.2, 0.25) is 5.91 Å². The summed E-state index contributed by atoms with van der Waals surface area (Å²) in [5.74, 6) is 0.777. The lowest BCUT2D eigenvalue weighted by molar-refractivity contribution is -0.127. The van der Waals surface area contributed by atoms with Gasteiger partial charge in [0.1, 0.15) is 5.82 Å². The molecular weight excluding hydrogens is 307 g/mol. The number of rotatable bonds is 7. The molecular formula is C18H27FN4O. The highest BCUT2D eigenvalue weighted by atomic mass is 19.1. The predicted molar refractivity (Wildman–Crippen MR) is 94.4 cm³/mol. The maximum atomic E-state index is 13.6. The molecule has 1 aromatic rings. The molecule has 6 heteroatoms. The van der Waals surface area contributed by atoms with Crippen molar-refractivity contribution in [2.45, 2.75) is 39.7 Å². The second-order valence-electron chi connectivity index (χ2n) is 6.04. The Hall–Kier alpha value is -2.11. The molecule has 0 saturated carbocycles. The van der Waals surface area contributed by atoms with E-state index in [1.165, 1.54) is 6.07 Å². The Bertz CT molecular complexity index is 588. The van der Waals surface area contributed by atoms with Crippen LogP contribution in [0.5, 0.6) is 0 Å². The maximum Gasteiger partial charge on any atom is 0.222 e. The Morgan fingerprint density at radius 3 is 2.88 bits per heavy atom. The first-order valence-electron chi connectivity index (χ1n) is 8.65. The van der Waals surface area contributed by atoms with Gasteiger partial charge in [0.25, 0.3) is 0 Å². The smallest absolute Gasteiger partial charge is 0.222 e. The van der Waals surface area contributed by atoms with E-state index in [1.54, 1.807) is 13.0 Å². The van der Waals surface area contributed by atoms with Gasteiger partial charge in [-0.2, -0.15) is 0 Å². The lowest BCUT2D eigenvalue weighted by Gasteiger charge is -2.16. The molecule has 1 aromatic carbocycles. The van der Waals surface area contributed by atoms with Gasteiger partial charge in [-0.15, -0.1) is 0 Å². The van der Waals surface area contributed by atoms with Crippen molar-refractivity contribution >= 4 is 11.9 Å². The van der Waals surface area contributed by atoms with E-state index in [9.17, 15) is 9.18 Å². The molecule has 1 heterocycles. The Kier molecular flexibility index (Phi) is 7.03. The number of nitrogens with one attached hydrogen (secondary N) is 2. The van der Waals surface area contributed by atoms with E-state index in [4.69, 9.17) is 0 Å². The van der Waals surface area contributed by atoms with E-state index in [-0.39, 0.29) is 11.7 Å². The molecule has 0 spiro atoms. The van der Waals surface area contributed by atoms with Gasteiger partial charge in [-0.1, -0.05) is 12.1 Å². The van der Waals surface area contributed by atoms with E-state index in [2.05, 4.69) is 15.6 Å². The Labute approximate surface area is 143 Å². The summed E-state index contributed by atoms with van der Waals surface area (Å²) in [7, 11) is 0. The molecule has 0 atom stereocenters. The number of nitrogens with zero attached hydrogens (tertiary/aromatic N) is 2. The number of benzene rings is 1. The number of hydrogen-bond donors (Lipinski definition) is 2. The largest absolute Gasteiger partial charge is 0.357 e. The van der Waals surface area contributed by atoms with Gasteiger partial charge in [0.15, 0.2) is 5.96 Å². The molecule has 0 radical (unpaired) electrons. The zero-order chi connectivity index (χ0) is 17.4. The van der Waals surface area contributed by atoms with Crippen LogP contribution in [0.3, 0.4) is 0 Å². The number of guanidine groups is 1. The summed E-state index contributed by atoms with van der Waals surface area (Å²) in [5, 5.41) is 6.44. The molecule has 0 aliphatic carbocycles. The second kappa shape index (κ2) is 9.25. The van der Waals surface area contributed by atoms with Crippen LogP contribution >= 0.6 is 0 Å². The third-order valence-electron chi connectivity index (χ3n) is 4.07. The second-order valence-corrected chi connectivity index (χ2v) is 6.04. The van der Waals surface area contributed by atoms with Crippen LogP contribution in [0.25, 0.3) is 0 Å². The molecule has 5 nitrogen and oxygen atoms in total. The van der Waals surface area contributed by atoms with Gasteiger partial charge in [-0.3, -0.25) is 4.79 Å². The van der Waals surface area contributed by atoms with Crippen LogP contribution in [0.15, 0.2) is 23.2 Å². The van der Waals surface area contributed by atoms with Crippen molar-refractivity contribution in [3.63, 3.8) is 0 Å². The first-order valence-corrected chi connectivity index (χ1v) is 8.65. The van der Waals surface area contributed by atoms with Gasteiger partial charge in [-0.25, -0.2) is 9.38 Å². The third-order valence-corrected chi connectivity index (χ3v) is 4.07. The minimum Gasteiger partial charge on any atom is -0.357 e. The van der Waals surface area contributed by atoms with E-state index in [0.717, 1.165) is 44.6 Å². The summed E-state index contributed by atoms with van der Waals surface area (Å²) in [4.78, 5) is 18.0. The number of halogens is 1. The number of hydrogen-bond acceptors (Lipinski definition) is 2. The first kappa shape index (κ1) is 18.2. The number of carbonyl (C=O) groups excluding carboxylic acids is 1. The Balaban J connectivity index is 1.79. The van der Waals surface area contributed by atoms with E-state index in [0.29, 0.717) is 24.5 Å². The van der Waals surface area contributed by atoms with Crippen LogP contribution in [-0.2, 0) is 11.3 Å². The fourth-order valence-electron chi connectivity index (χ4n) is 2.66. The SMILES string of the molecule is CCNC(=NCc1ccc(C)c(F)c1)NCCCN1CCCC1=O. The zero-order valence-corrected chi connectivity index (χ0v) is 14.6. The minimum absolute atomic E-state index is 0.198. The summed E-state index contributed by atoms with van der Waals surface area (Å²) >= 11 is 0. The standard InChI is InChI=1S/C18H27FN4O/c1-3-20-18(21-9-5-11-23-10-4-6-17(23)24)22-13-15-8-7-14(2)16(19)12-15/h7-8,12H,3-6,9-11,13H2,1-2H3,(H2,20,21,22). The molecule has 132 valence electrons. The van der Waals surface area contributed by atoms with E-state index < -0.39 is 0 Å². The molecule has 1 amide bonds. The molecule has 1 aliphatic rings. The molecule has 0 aromatic heterocycles. The van der Waals surface area contributed by atoms with Crippen molar-refractivity contribution in [2.24, 2.45) is 4.99 Å². The normalized spacial score (nSPS) is 15.0. The van der Waals surface area contributed by atoms with Crippen LogP contribution in [0.4, 0.5) is 4.39 Å². The van der Waals surface area contributed by atoms with Gasteiger partial charge in [0.05, 0.1) is 6.54 Å². The summed E-state index contributed by atoms with van der Waals surface area (Å²) in [6.07, 6.45) is 2.55. The fraction of sp³-hybridized carbons (Fsp3) is 0.556. The number of carbonyl (C=O) groups is 1. The van der Waals surface area contributed by atoms with E-state index >= 15 is 0 Å². The van der Waals surface area contributed by atoms with Crippen molar-refractivity contribution in [3.8, 4) is 0 Å². The lowest BCUT2D eigenvalue weighted by Crippen LogP contribution is -2.39. The zero-order valence-electron chi connectivity index (χ0n) is 14.6. The summed E-state index contributed by atoms with van der Waals surface area (Å²) < 4.78 is 13.6. The molecule has 1 aliphatic heterocycles. The number of amides is 1. The number of aryl methyl sites for hydroxylation is 1. The molecule has 2 rings (SSSR count). The highest BCUT2D eigenvalue weighted by Gasteiger charge is 2.18. The molecule has 0 bridgehead atoms. The summed E-state index contributed by atoms with van der Waals surface area (Å²) in [5.41, 5.74) is 1.49. The molecule has 1 saturated heterocycles. The molecule has 1 fully saturated rings. The van der Waals surface area contributed by atoms with Crippen molar-refractivity contribution in [3.05, 3.63) is 35.1 Å². The van der Waals surface area contributed by atoms with Gasteiger partial charge in [-0.05, 0) is 43.9 Å². The van der Waals surface area contributed by atoms with Crippen molar-refractivity contribution in [1.82, 2.24) is 15.5 Å². The quantitative estimate of drug-likeness (QED) is 0.457. The average Bonchev–Trinajstić information content (AvgIpc) is 2.97. The third kappa shape index (κ3) is 5.51. The molecule has 24 heavy (non-hydrogen) atoms. The van der Waals surface area contributed by atoms with Crippen LogP contribution in [0.1, 0.15) is 37.3 Å². The van der Waals surface area contributed by atoms with Crippen molar-refractivity contribution < 1.29 is 9.18 Å². The average molecular weight is 334 g/mol. The first-order chi connectivity index (χ1) is 11.6. The van der Waals surface area contributed by atoms with E-state index in [1.807, 2.05) is 17.9 Å². The summed E-state index contributed by atoms with van der Waals surface area (Å²) in [6, 6.07) is 5.19. The topological polar surface area (TPSA) is 56.7 Å². The van der Waals surface area contributed by atoms with Crippen LogP contribution < -0.4 is 10.6 Å². The van der Waals surface area contributed by atoms with Crippen LogP contribution in [0.2, 0.25) is 0 Å². The van der Waals surface area contributed by atoms with Gasteiger partial charge >= 0.3 is 0 Å². The number of aliphatic imine (C=N–C) groups is 1. The Morgan fingerprint density at radius 2 is 2.21 bits per heavy atom. The maximum absolute atomic E-state index is 13.6. The van der Waals surface area contributed by atoms with Gasteiger partial charge in [0, 0.05) is 32.6 Å². The lowest BCUT2D eigenvalue weighted by atomic mass is 10.1. The fourth-order valence-corrected chi connectivity index (χ4v) is 2.66. The summed E-state index contributed by atoms with van der Waals surface area (Å²) in [6.45, 7) is 7.36. The van der Waals surface area contributed by atoms with Crippen LogP contribution in [0, 0.1) is 12.7 Å². The highest BCUT2D eigenvalue weighted by molar-refractivity contribution is 5.79.